The van der Waals surface area contributed by atoms with Crippen LogP contribution in [0.25, 0.3) is 0 Å². The van der Waals surface area contributed by atoms with Gasteiger partial charge in [0.2, 0.25) is 5.91 Å². The smallest absolute Gasteiger partial charge is 0.220 e. The summed E-state index contributed by atoms with van der Waals surface area (Å²) in [5.41, 5.74) is 2.43. The van der Waals surface area contributed by atoms with Gasteiger partial charge in [0.15, 0.2) is 0 Å². The first kappa shape index (κ1) is 13.4. The van der Waals surface area contributed by atoms with E-state index in [1.54, 1.807) is 0 Å². The summed E-state index contributed by atoms with van der Waals surface area (Å²) in [5.74, 6) is 1.04. The minimum absolute atomic E-state index is 0.167. The van der Waals surface area contributed by atoms with Gasteiger partial charge in [-0.05, 0) is 42.5 Å². The summed E-state index contributed by atoms with van der Waals surface area (Å²) in [5, 5.41) is 3.86. The van der Waals surface area contributed by atoms with Crippen LogP contribution in [-0.4, -0.2) is 11.9 Å². The van der Waals surface area contributed by atoms with E-state index in [2.05, 4.69) is 32.2 Å². The van der Waals surface area contributed by atoms with Gasteiger partial charge in [-0.2, -0.15) is 0 Å². The van der Waals surface area contributed by atoms with E-state index >= 15 is 0 Å². The monoisotopic (exact) mass is 265 g/mol. The zero-order chi connectivity index (χ0) is 13.3. The van der Waals surface area contributed by atoms with Crippen LogP contribution in [0.2, 0.25) is 5.02 Å². The Morgan fingerprint density at radius 2 is 2.17 bits per heavy atom. The third-order valence-electron chi connectivity index (χ3n) is 3.59. The molecule has 2 rings (SSSR count). The lowest BCUT2D eigenvalue weighted by Crippen LogP contribution is -2.29. The first-order valence-corrected chi connectivity index (χ1v) is 6.90. The molecule has 0 spiro atoms. The predicted octanol–water partition coefficient (Wildman–Crippen LogP) is 3.67. The van der Waals surface area contributed by atoms with Crippen molar-refractivity contribution in [1.82, 2.24) is 5.32 Å². The highest BCUT2D eigenvalue weighted by Gasteiger charge is 2.34. The van der Waals surface area contributed by atoms with Crippen molar-refractivity contribution in [2.24, 2.45) is 5.92 Å². The lowest BCUT2D eigenvalue weighted by atomic mass is 9.85. The quantitative estimate of drug-likeness (QED) is 0.888. The topological polar surface area (TPSA) is 29.1 Å². The maximum absolute atomic E-state index is 11.7. The third-order valence-corrected chi connectivity index (χ3v) is 3.83. The molecule has 2 unspecified atom stereocenters. The molecule has 98 valence electrons. The Balaban J connectivity index is 2.26. The van der Waals surface area contributed by atoms with E-state index in [1.165, 1.54) is 11.1 Å². The molecule has 1 amide bonds. The number of carbonyl (C=O) groups is 1. The fourth-order valence-corrected chi connectivity index (χ4v) is 3.05. The van der Waals surface area contributed by atoms with Crippen molar-refractivity contribution in [3.8, 4) is 0 Å². The van der Waals surface area contributed by atoms with E-state index in [1.807, 2.05) is 12.1 Å². The largest absolute Gasteiger partial charge is 0.353 e. The van der Waals surface area contributed by atoms with Crippen LogP contribution < -0.4 is 5.32 Å². The van der Waals surface area contributed by atoms with E-state index in [-0.39, 0.29) is 17.9 Å². The highest BCUT2D eigenvalue weighted by molar-refractivity contribution is 6.30. The molecule has 2 nitrogen and oxygen atoms in total. The second kappa shape index (κ2) is 5.31. The summed E-state index contributed by atoms with van der Waals surface area (Å²) in [6, 6.07) is 6.22. The van der Waals surface area contributed by atoms with Gasteiger partial charge in [-0.3, -0.25) is 4.79 Å². The summed E-state index contributed by atoms with van der Waals surface area (Å²) in [6.07, 6.45) is 1.62. The van der Waals surface area contributed by atoms with Crippen molar-refractivity contribution >= 4 is 17.5 Å². The van der Waals surface area contributed by atoms with Gasteiger partial charge >= 0.3 is 0 Å². The molecule has 0 saturated carbocycles. The number of rotatable bonds is 3. The summed E-state index contributed by atoms with van der Waals surface area (Å²) in [6.45, 7) is 6.45. The van der Waals surface area contributed by atoms with E-state index in [0.717, 1.165) is 11.4 Å². The molecule has 1 aliphatic rings. The highest BCUT2D eigenvalue weighted by Crippen LogP contribution is 2.34. The zero-order valence-corrected chi connectivity index (χ0v) is 11.9. The molecule has 1 heterocycles. The molecule has 1 fully saturated rings. The van der Waals surface area contributed by atoms with Crippen molar-refractivity contribution in [2.45, 2.75) is 45.6 Å². The maximum Gasteiger partial charge on any atom is 0.220 e. The van der Waals surface area contributed by atoms with Gasteiger partial charge in [0, 0.05) is 23.4 Å². The molecule has 1 N–H and O–H groups in total. The number of carbonyl (C=O) groups excluding carboxylic acids is 1. The summed E-state index contributed by atoms with van der Waals surface area (Å²) >= 11 is 5.99. The number of hydrogen-bond acceptors (Lipinski definition) is 1. The minimum Gasteiger partial charge on any atom is -0.353 e. The molecule has 0 aliphatic carbocycles. The average molecular weight is 266 g/mol. The highest BCUT2D eigenvalue weighted by atomic mass is 35.5. The molecule has 3 heteroatoms. The molecule has 1 aromatic rings. The van der Waals surface area contributed by atoms with Crippen LogP contribution in [0.3, 0.4) is 0 Å². The molecular formula is C15H20ClNO. The van der Waals surface area contributed by atoms with E-state index < -0.39 is 0 Å². The van der Waals surface area contributed by atoms with Crippen molar-refractivity contribution in [1.29, 1.82) is 0 Å². The lowest BCUT2D eigenvalue weighted by Gasteiger charge is -2.22. The molecule has 18 heavy (non-hydrogen) atoms. The molecule has 0 bridgehead atoms. The molecule has 1 saturated heterocycles. The van der Waals surface area contributed by atoms with Crippen molar-refractivity contribution < 1.29 is 4.79 Å². The van der Waals surface area contributed by atoms with Gasteiger partial charge in [0.05, 0.1) is 0 Å². The summed E-state index contributed by atoms with van der Waals surface area (Å²) in [7, 11) is 0. The summed E-state index contributed by atoms with van der Waals surface area (Å²) in [4.78, 5) is 11.7. The molecule has 0 aromatic heterocycles. The molecule has 2 atom stereocenters. The molecule has 0 radical (unpaired) electrons. The van der Waals surface area contributed by atoms with Crippen LogP contribution in [0.1, 0.15) is 43.7 Å². The van der Waals surface area contributed by atoms with Crippen LogP contribution in [0.5, 0.6) is 0 Å². The number of amides is 1. The van der Waals surface area contributed by atoms with Gasteiger partial charge in [0.1, 0.15) is 0 Å². The second-order valence-corrected chi connectivity index (χ2v) is 6.05. The van der Waals surface area contributed by atoms with Gasteiger partial charge in [-0.15, -0.1) is 0 Å². The minimum atomic E-state index is 0.167. The first-order chi connectivity index (χ1) is 8.47. The maximum atomic E-state index is 11.7. The fraction of sp³-hybridized carbons (Fsp3) is 0.533. The van der Waals surface area contributed by atoms with Gasteiger partial charge in [-0.1, -0.05) is 31.5 Å². The second-order valence-electron chi connectivity index (χ2n) is 5.62. The Hall–Kier alpha value is -1.02. The van der Waals surface area contributed by atoms with Gasteiger partial charge in [0.25, 0.3) is 0 Å². The number of nitrogens with one attached hydrogen (secondary N) is 1. The normalized spacial score (nSPS) is 23.5. The van der Waals surface area contributed by atoms with Crippen LogP contribution in [0.4, 0.5) is 0 Å². The van der Waals surface area contributed by atoms with E-state index in [0.29, 0.717) is 12.3 Å². The molecular weight excluding hydrogens is 246 g/mol. The SMILES string of the molecule is Cc1cc(Cl)ccc1C1CC(=O)NC1CC(C)C. The number of halogens is 1. The van der Waals surface area contributed by atoms with Crippen molar-refractivity contribution in [2.75, 3.05) is 0 Å². The van der Waals surface area contributed by atoms with E-state index in [9.17, 15) is 4.79 Å². The van der Waals surface area contributed by atoms with Crippen LogP contribution in [-0.2, 0) is 4.79 Å². The summed E-state index contributed by atoms with van der Waals surface area (Å²) < 4.78 is 0. The van der Waals surface area contributed by atoms with Crippen molar-refractivity contribution in [3.63, 3.8) is 0 Å². The Bertz CT molecular complexity index is 456. The molecule has 1 aromatic carbocycles. The number of aryl methyl sites for hydroxylation is 1. The first-order valence-electron chi connectivity index (χ1n) is 6.52. The van der Waals surface area contributed by atoms with Gasteiger partial charge in [-0.25, -0.2) is 0 Å². The molecule has 1 aliphatic heterocycles. The number of benzene rings is 1. The third kappa shape index (κ3) is 2.86. The Morgan fingerprint density at radius 3 is 2.78 bits per heavy atom. The van der Waals surface area contributed by atoms with Gasteiger partial charge < -0.3 is 5.32 Å². The Kier molecular flexibility index (Phi) is 3.96. The van der Waals surface area contributed by atoms with Crippen LogP contribution in [0, 0.1) is 12.8 Å². The lowest BCUT2D eigenvalue weighted by molar-refractivity contribution is -0.119. The van der Waals surface area contributed by atoms with E-state index in [4.69, 9.17) is 11.6 Å². The predicted molar refractivity (Wildman–Crippen MR) is 74.9 cm³/mol. The van der Waals surface area contributed by atoms with Crippen LogP contribution in [0.15, 0.2) is 18.2 Å². The average Bonchev–Trinajstić information content (AvgIpc) is 2.58. The fourth-order valence-electron chi connectivity index (χ4n) is 2.82. The number of hydrogen-bond donors (Lipinski definition) is 1. The Morgan fingerprint density at radius 1 is 1.44 bits per heavy atom. The zero-order valence-electron chi connectivity index (χ0n) is 11.2. The standard InChI is InChI=1S/C15H20ClNO/c1-9(2)6-14-13(8-15(18)17-14)12-5-4-11(16)7-10(12)3/h4-5,7,9,13-14H,6,8H2,1-3H3,(H,17,18). The Labute approximate surface area is 114 Å². The van der Waals surface area contributed by atoms with Crippen molar-refractivity contribution in [3.05, 3.63) is 34.3 Å². The van der Waals surface area contributed by atoms with Crippen LogP contribution >= 0.6 is 11.6 Å².